The number of halogens is 1. The van der Waals surface area contributed by atoms with Crippen molar-refractivity contribution < 1.29 is 4.74 Å². The van der Waals surface area contributed by atoms with E-state index in [1.165, 1.54) is 31.2 Å². The van der Waals surface area contributed by atoms with Crippen LogP contribution in [0.5, 0.6) is 0 Å². The Balaban J connectivity index is 1.71. The molecule has 1 saturated heterocycles. The van der Waals surface area contributed by atoms with E-state index in [4.69, 9.17) is 16.3 Å². The van der Waals surface area contributed by atoms with Gasteiger partial charge in [-0.15, -0.1) is 0 Å². The molecule has 0 amide bonds. The molecule has 0 radical (unpaired) electrons. The first-order valence-electron chi connectivity index (χ1n) is 7.73. The van der Waals surface area contributed by atoms with Crippen LogP contribution >= 0.6 is 11.6 Å². The maximum Gasteiger partial charge on any atom is 0.0976 e. The van der Waals surface area contributed by atoms with Gasteiger partial charge in [0.1, 0.15) is 0 Å². The molecule has 1 aromatic carbocycles. The molecule has 0 bridgehead atoms. The van der Waals surface area contributed by atoms with Gasteiger partial charge in [0.05, 0.1) is 12.7 Å². The van der Waals surface area contributed by atoms with E-state index in [0.29, 0.717) is 6.04 Å². The second kappa shape index (κ2) is 5.67. The highest BCUT2D eigenvalue weighted by Crippen LogP contribution is 2.38. The predicted octanol–water partition coefficient (Wildman–Crippen LogP) is 4.34. The molecule has 2 nitrogen and oxygen atoms in total. The zero-order valence-electron chi connectivity index (χ0n) is 12.4. The van der Waals surface area contributed by atoms with Gasteiger partial charge in [-0.25, -0.2) is 0 Å². The molecule has 3 heteroatoms. The Morgan fingerprint density at radius 2 is 2.00 bits per heavy atom. The third-order valence-electron chi connectivity index (χ3n) is 4.94. The smallest absolute Gasteiger partial charge is 0.0976 e. The average molecular weight is 294 g/mol. The second-order valence-electron chi connectivity index (χ2n) is 6.68. The molecule has 1 aromatic rings. The van der Waals surface area contributed by atoms with Gasteiger partial charge >= 0.3 is 0 Å². The topological polar surface area (TPSA) is 21.3 Å². The van der Waals surface area contributed by atoms with E-state index >= 15 is 0 Å². The van der Waals surface area contributed by atoms with Gasteiger partial charge in [0.2, 0.25) is 0 Å². The quantitative estimate of drug-likeness (QED) is 0.832. The van der Waals surface area contributed by atoms with Crippen LogP contribution in [0.25, 0.3) is 0 Å². The Labute approximate surface area is 126 Å². The first kappa shape index (κ1) is 14.4. The summed E-state index contributed by atoms with van der Waals surface area (Å²) >= 11 is 6.09. The van der Waals surface area contributed by atoms with Gasteiger partial charge < -0.3 is 10.1 Å². The highest BCUT2D eigenvalue weighted by Gasteiger charge is 2.41. The minimum Gasteiger partial charge on any atom is -0.370 e. The van der Waals surface area contributed by atoms with Crippen molar-refractivity contribution in [3.05, 3.63) is 34.9 Å². The number of hydrogen-bond acceptors (Lipinski definition) is 2. The van der Waals surface area contributed by atoms with Crippen LogP contribution < -0.4 is 5.32 Å². The van der Waals surface area contributed by atoms with Crippen molar-refractivity contribution in [2.75, 3.05) is 6.61 Å². The lowest BCUT2D eigenvalue weighted by atomic mass is 9.76. The highest BCUT2D eigenvalue weighted by atomic mass is 35.5. The van der Waals surface area contributed by atoms with Crippen molar-refractivity contribution in [2.45, 2.75) is 57.2 Å². The predicted molar refractivity (Wildman–Crippen MR) is 83.1 cm³/mol. The SMILES string of the molecule is CC1CCC2(CC1)COC(c1cccc(Cl)c1)C(C)N2. The zero-order valence-corrected chi connectivity index (χ0v) is 13.1. The molecule has 110 valence electrons. The number of benzene rings is 1. The summed E-state index contributed by atoms with van der Waals surface area (Å²) in [5.41, 5.74) is 1.39. The summed E-state index contributed by atoms with van der Waals surface area (Å²) in [7, 11) is 0. The van der Waals surface area contributed by atoms with E-state index in [1.807, 2.05) is 18.2 Å². The van der Waals surface area contributed by atoms with Crippen LogP contribution in [0.3, 0.4) is 0 Å². The molecule has 2 fully saturated rings. The van der Waals surface area contributed by atoms with E-state index in [9.17, 15) is 0 Å². The number of nitrogens with one attached hydrogen (secondary N) is 1. The first-order valence-corrected chi connectivity index (χ1v) is 8.11. The summed E-state index contributed by atoms with van der Waals surface area (Å²) in [6, 6.07) is 8.37. The fraction of sp³-hybridized carbons (Fsp3) is 0.647. The van der Waals surface area contributed by atoms with Crippen molar-refractivity contribution in [1.82, 2.24) is 5.32 Å². The van der Waals surface area contributed by atoms with Crippen molar-refractivity contribution in [3.8, 4) is 0 Å². The lowest BCUT2D eigenvalue weighted by Crippen LogP contribution is -2.60. The van der Waals surface area contributed by atoms with E-state index < -0.39 is 0 Å². The van der Waals surface area contributed by atoms with Crippen molar-refractivity contribution in [2.24, 2.45) is 5.92 Å². The normalized spacial score (nSPS) is 38.0. The van der Waals surface area contributed by atoms with Crippen molar-refractivity contribution >= 4 is 11.6 Å². The minimum absolute atomic E-state index is 0.110. The molecule has 1 heterocycles. The fourth-order valence-corrected chi connectivity index (χ4v) is 3.86. The third kappa shape index (κ3) is 2.88. The molecule has 2 atom stereocenters. The second-order valence-corrected chi connectivity index (χ2v) is 7.12. The van der Waals surface area contributed by atoms with Gasteiger partial charge in [-0.2, -0.15) is 0 Å². The van der Waals surface area contributed by atoms with Gasteiger partial charge in [0.25, 0.3) is 0 Å². The number of rotatable bonds is 1. The molecule has 1 aliphatic heterocycles. The molecular weight excluding hydrogens is 270 g/mol. The molecule has 1 saturated carbocycles. The van der Waals surface area contributed by atoms with Crippen molar-refractivity contribution in [3.63, 3.8) is 0 Å². The van der Waals surface area contributed by atoms with Crippen LogP contribution in [0.15, 0.2) is 24.3 Å². The molecule has 3 rings (SSSR count). The van der Waals surface area contributed by atoms with Crippen LogP contribution in [-0.4, -0.2) is 18.2 Å². The van der Waals surface area contributed by atoms with Gasteiger partial charge in [-0.1, -0.05) is 30.7 Å². The Hall–Kier alpha value is -0.570. The molecular formula is C17H24ClNO. The Morgan fingerprint density at radius 3 is 2.65 bits per heavy atom. The summed E-state index contributed by atoms with van der Waals surface area (Å²) < 4.78 is 6.24. The average Bonchev–Trinajstić information content (AvgIpc) is 2.43. The maximum absolute atomic E-state index is 6.24. The highest BCUT2D eigenvalue weighted by molar-refractivity contribution is 6.30. The van der Waals surface area contributed by atoms with E-state index in [-0.39, 0.29) is 11.6 Å². The Kier molecular flexibility index (Phi) is 4.07. The zero-order chi connectivity index (χ0) is 14.2. The number of ether oxygens (including phenoxy) is 1. The summed E-state index contributed by atoms with van der Waals surface area (Å²) in [6.07, 6.45) is 5.20. The maximum atomic E-state index is 6.24. The van der Waals surface area contributed by atoms with E-state index in [1.54, 1.807) is 0 Å². The minimum atomic E-state index is 0.110. The van der Waals surface area contributed by atoms with Gasteiger partial charge in [-0.05, 0) is 56.2 Å². The fourth-order valence-electron chi connectivity index (χ4n) is 3.67. The summed E-state index contributed by atoms with van der Waals surface area (Å²) in [4.78, 5) is 0. The lowest BCUT2D eigenvalue weighted by molar-refractivity contribution is -0.0746. The molecule has 1 aliphatic carbocycles. The summed E-state index contributed by atoms with van der Waals surface area (Å²) in [5, 5.41) is 4.63. The van der Waals surface area contributed by atoms with Crippen LogP contribution in [0.4, 0.5) is 0 Å². The molecule has 0 aromatic heterocycles. The van der Waals surface area contributed by atoms with E-state index in [0.717, 1.165) is 17.5 Å². The largest absolute Gasteiger partial charge is 0.370 e. The molecule has 2 aliphatic rings. The summed E-state index contributed by atoms with van der Waals surface area (Å²) in [6.45, 7) is 5.40. The van der Waals surface area contributed by atoms with Crippen LogP contribution in [-0.2, 0) is 4.74 Å². The Bertz CT molecular complexity index is 468. The lowest BCUT2D eigenvalue weighted by Gasteiger charge is -2.48. The molecule has 1 spiro atoms. The third-order valence-corrected chi connectivity index (χ3v) is 5.17. The van der Waals surface area contributed by atoms with Crippen molar-refractivity contribution in [1.29, 1.82) is 0 Å². The first-order chi connectivity index (χ1) is 9.58. The molecule has 1 N–H and O–H groups in total. The number of hydrogen-bond donors (Lipinski definition) is 1. The van der Waals surface area contributed by atoms with Crippen LogP contribution in [0.2, 0.25) is 5.02 Å². The number of morpholine rings is 1. The molecule has 2 unspecified atom stereocenters. The monoisotopic (exact) mass is 293 g/mol. The Morgan fingerprint density at radius 1 is 1.25 bits per heavy atom. The van der Waals surface area contributed by atoms with Crippen LogP contribution in [0.1, 0.15) is 51.2 Å². The van der Waals surface area contributed by atoms with E-state index in [2.05, 4.69) is 25.2 Å². The van der Waals surface area contributed by atoms with Gasteiger partial charge in [-0.3, -0.25) is 0 Å². The standard InChI is InChI=1S/C17H24ClNO/c1-12-6-8-17(9-7-12)11-20-16(13(2)19-17)14-4-3-5-15(18)10-14/h3-5,10,12-13,16,19H,6-9,11H2,1-2H3. The summed E-state index contributed by atoms with van der Waals surface area (Å²) in [5.74, 6) is 0.864. The molecule has 20 heavy (non-hydrogen) atoms. The van der Waals surface area contributed by atoms with Gasteiger partial charge in [0, 0.05) is 16.6 Å². The van der Waals surface area contributed by atoms with Crippen LogP contribution in [0, 0.1) is 5.92 Å². The van der Waals surface area contributed by atoms with Gasteiger partial charge in [0.15, 0.2) is 0 Å².